The molecule has 0 bridgehead atoms. The standard InChI is InChI=1S/3C45H31N3/c1-45(2)36-18-8-6-15-30(36)31-24-23-29(25-37(31)45)47-39-20-10-11-21-40(39)48-43-26-34-32-16-7-9-19-38(32)46(28-13-4-3-5-14-28)42(34)27-35(43)33-17-12-22-41(47)44(33)48;1-45(2)36-18-8-6-15-30(36)31-24-23-29(25-37(31)45)47-39-20-10-11-21-40(39)48-43-27-42-34(26-35(43)33-17-12-22-41(47)44(33)48)32-16-7-9-19-38(32)46(42)28-13-4-3-5-14-28;1-45(2)35-18-8-6-15-30(35)31-24-23-29(27-36(31)45)46-38-20-10-11-21-39(38)48-40-26-25-33-32-16-7-9-19-37(32)47(28-13-4-3-5-14-28)44(33)42(40)34-17-12-22-41(46)43(34)48/h3*3-27H,1-2H3. The Balaban J connectivity index is 0.0000000986. The fraction of sp³-hybridized carbons (Fsp3) is 0.0667. The molecule has 9 heterocycles. The molecule has 3 aliphatic heterocycles. The first-order valence-corrected chi connectivity index (χ1v) is 50.4. The average Bonchev–Trinajstić information content (AvgIpc) is 1.45. The molecule has 6 aromatic heterocycles. The van der Waals surface area contributed by atoms with E-state index in [1.54, 1.807) is 0 Å². The van der Waals surface area contributed by atoms with Crippen LogP contribution in [0.4, 0.5) is 51.2 Å². The molecule has 3 aliphatic carbocycles. The van der Waals surface area contributed by atoms with Crippen molar-refractivity contribution in [3.8, 4) is 67.5 Å². The lowest BCUT2D eigenvalue weighted by Crippen LogP contribution is -2.19. The smallest absolute Gasteiger partial charge is 0.0784 e. The number of nitrogens with zero attached hydrogens (tertiary/aromatic N) is 9. The summed E-state index contributed by atoms with van der Waals surface area (Å²) in [4.78, 5) is 7.45. The second-order valence-corrected chi connectivity index (χ2v) is 41.4. The van der Waals surface area contributed by atoms with Crippen LogP contribution in [0.15, 0.2) is 455 Å². The van der Waals surface area contributed by atoms with Crippen LogP contribution in [-0.2, 0) is 16.2 Å². The van der Waals surface area contributed by atoms with Crippen molar-refractivity contribution >= 4 is 182 Å². The zero-order valence-corrected chi connectivity index (χ0v) is 80.3. The van der Waals surface area contributed by atoms with E-state index in [1.807, 2.05) is 0 Å². The maximum absolute atomic E-state index is 2.51. The fourth-order valence-corrected chi connectivity index (χ4v) is 26.7. The molecular weight excluding hydrogens is 1750 g/mol. The molecule has 0 N–H and O–H groups in total. The molecule has 144 heavy (non-hydrogen) atoms. The number of rotatable bonds is 6. The summed E-state index contributed by atoms with van der Waals surface area (Å²) in [5, 5.41) is 15.3. The molecule has 0 radical (unpaired) electrons. The molecule has 0 saturated carbocycles. The lowest BCUT2D eigenvalue weighted by molar-refractivity contribution is 0.660. The number of benzene rings is 21. The summed E-state index contributed by atoms with van der Waals surface area (Å²) >= 11 is 0. The molecule has 27 aromatic rings. The van der Waals surface area contributed by atoms with Crippen molar-refractivity contribution in [3.05, 3.63) is 488 Å². The van der Waals surface area contributed by atoms with Crippen LogP contribution in [0, 0.1) is 0 Å². The Morgan fingerprint density at radius 1 is 0.139 bits per heavy atom. The number of hydrogen-bond acceptors (Lipinski definition) is 3. The Morgan fingerprint density at radius 3 is 0.847 bits per heavy atom. The van der Waals surface area contributed by atoms with Gasteiger partial charge in [-0.2, -0.15) is 0 Å². The highest BCUT2D eigenvalue weighted by Gasteiger charge is 2.43. The van der Waals surface area contributed by atoms with E-state index >= 15 is 0 Å². The van der Waals surface area contributed by atoms with Crippen molar-refractivity contribution in [3.63, 3.8) is 0 Å². The van der Waals surface area contributed by atoms with Gasteiger partial charge >= 0.3 is 0 Å². The molecule has 33 rings (SSSR count). The van der Waals surface area contributed by atoms with Gasteiger partial charge in [-0.3, -0.25) is 0 Å². The third kappa shape index (κ3) is 10.9. The number of fused-ring (bicyclic) bond motifs is 34. The van der Waals surface area contributed by atoms with Gasteiger partial charge in [0, 0.05) is 115 Å². The maximum Gasteiger partial charge on any atom is 0.0784 e. The fourth-order valence-electron chi connectivity index (χ4n) is 26.7. The van der Waals surface area contributed by atoms with Crippen molar-refractivity contribution < 1.29 is 0 Å². The molecule has 0 fully saturated rings. The van der Waals surface area contributed by atoms with Crippen molar-refractivity contribution in [1.29, 1.82) is 0 Å². The molecule has 0 spiro atoms. The zero-order valence-electron chi connectivity index (χ0n) is 80.3. The van der Waals surface area contributed by atoms with Crippen LogP contribution in [0.1, 0.15) is 74.9 Å². The number of para-hydroxylation sites is 15. The van der Waals surface area contributed by atoms with Crippen LogP contribution >= 0.6 is 0 Å². The molecule has 9 heteroatoms. The summed E-state index contributed by atoms with van der Waals surface area (Å²) in [5.41, 5.74) is 48.9. The van der Waals surface area contributed by atoms with Gasteiger partial charge in [0.1, 0.15) is 0 Å². The highest BCUT2D eigenvalue weighted by Crippen LogP contribution is 2.61. The summed E-state index contributed by atoms with van der Waals surface area (Å²) in [7, 11) is 0. The SMILES string of the molecule is CC1(C)c2ccccc2-c2ccc(N3c4ccccc4-n4c5cc6c(cc5c5cccc3c54)c3ccccc3n6-c3ccccc3)cc21.CC1(C)c2ccccc2-c2ccc(N3c4ccccc4-n4c5cc6c7ccccc7n(-c7ccccc7)c6cc5c5cccc3c54)cc21.CC1(C)c2ccccc2-c2ccc(N3c4ccccc4-n4c5ccc6c7ccccc7n(-c7ccccc7)c6c5c5cccc3c54)cc21. The minimum atomic E-state index is -0.0748. The third-order valence-corrected chi connectivity index (χ3v) is 33.0. The van der Waals surface area contributed by atoms with Gasteiger partial charge in [0.25, 0.3) is 0 Å². The zero-order chi connectivity index (χ0) is 95.2. The van der Waals surface area contributed by atoms with Crippen LogP contribution in [0.2, 0.25) is 0 Å². The normalized spacial score (nSPS) is 14.2. The van der Waals surface area contributed by atoms with E-state index in [0.717, 1.165) is 0 Å². The molecule has 6 aliphatic rings. The van der Waals surface area contributed by atoms with Gasteiger partial charge in [0.05, 0.1) is 117 Å². The second kappa shape index (κ2) is 29.5. The Morgan fingerprint density at radius 2 is 0.417 bits per heavy atom. The van der Waals surface area contributed by atoms with Crippen molar-refractivity contribution in [2.75, 3.05) is 14.7 Å². The van der Waals surface area contributed by atoms with Gasteiger partial charge < -0.3 is 42.1 Å². The minimum absolute atomic E-state index is 0.0698. The van der Waals surface area contributed by atoms with Crippen LogP contribution in [-0.4, -0.2) is 27.4 Å². The van der Waals surface area contributed by atoms with Gasteiger partial charge in [-0.1, -0.05) is 321 Å². The van der Waals surface area contributed by atoms with E-state index in [-0.39, 0.29) is 16.2 Å². The molecule has 0 atom stereocenters. The molecule has 9 nitrogen and oxygen atoms in total. The number of aromatic nitrogens is 6. The Labute approximate surface area is 831 Å². The first-order valence-electron chi connectivity index (χ1n) is 50.4. The van der Waals surface area contributed by atoms with E-state index in [1.165, 1.54) is 283 Å². The first-order chi connectivity index (χ1) is 70.8. The lowest BCUT2D eigenvalue weighted by atomic mass is 9.82. The summed E-state index contributed by atoms with van der Waals surface area (Å²) in [6, 6.07) is 168. The van der Waals surface area contributed by atoms with E-state index in [9.17, 15) is 0 Å². The first kappa shape index (κ1) is 80.7. The highest BCUT2D eigenvalue weighted by atomic mass is 15.2. The van der Waals surface area contributed by atoms with Gasteiger partial charge in [-0.25, -0.2) is 0 Å². The van der Waals surface area contributed by atoms with E-state index in [0.29, 0.717) is 0 Å². The molecule has 0 amide bonds. The van der Waals surface area contributed by atoms with Crippen LogP contribution in [0.5, 0.6) is 0 Å². The monoisotopic (exact) mass is 1840 g/mol. The van der Waals surface area contributed by atoms with Gasteiger partial charge in [-0.05, 0) is 243 Å². The van der Waals surface area contributed by atoms with Gasteiger partial charge in [0.15, 0.2) is 0 Å². The predicted octanol–water partition coefficient (Wildman–Crippen LogP) is 35.9. The van der Waals surface area contributed by atoms with E-state index in [2.05, 4.69) is 539 Å². The van der Waals surface area contributed by atoms with E-state index in [4.69, 9.17) is 0 Å². The third-order valence-electron chi connectivity index (χ3n) is 33.0. The van der Waals surface area contributed by atoms with Crippen molar-refractivity contribution in [1.82, 2.24) is 27.4 Å². The van der Waals surface area contributed by atoms with Gasteiger partial charge in [0.2, 0.25) is 0 Å². The predicted molar refractivity (Wildman–Crippen MR) is 603 cm³/mol. The van der Waals surface area contributed by atoms with Crippen LogP contribution in [0.25, 0.3) is 198 Å². The summed E-state index contributed by atoms with van der Waals surface area (Å²) in [5.74, 6) is 0. The van der Waals surface area contributed by atoms with Gasteiger partial charge in [-0.15, -0.1) is 0 Å². The highest BCUT2D eigenvalue weighted by molar-refractivity contribution is 6.30. The Kier molecular flexibility index (Phi) is 16.5. The Bertz CT molecular complexity index is 10100. The number of anilines is 9. The molecule has 21 aromatic carbocycles. The van der Waals surface area contributed by atoms with Crippen LogP contribution in [0.3, 0.4) is 0 Å². The molecule has 0 unspecified atom stereocenters. The van der Waals surface area contributed by atoms with Crippen molar-refractivity contribution in [2.45, 2.75) is 57.8 Å². The maximum atomic E-state index is 2.51. The largest absolute Gasteiger partial charge is 0.309 e. The van der Waals surface area contributed by atoms with E-state index < -0.39 is 0 Å². The average molecular weight is 1840 g/mol. The molecule has 678 valence electrons. The second-order valence-electron chi connectivity index (χ2n) is 41.4. The summed E-state index contributed by atoms with van der Waals surface area (Å²) in [6.07, 6.45) is 0. The number of hydrogen-bond donors (Lipinski definition) is 0. The summed E-state index contributed by atoms with van der Waals surface area (Å²) < 4.78 is 14.8. The molecular formula is C135H93N9. The topological polar surface area (TPSA) is 39.3 Å². The lowest BCUT2D eigenvalue weighted by Gasteiger charge is -2.34. The summed E-state index contributed by atoms with van der Waals surface area (Å²) in [6.45, 7) is 14.2. The minimum Gasteiger partial charge on any atom is -0.309 e. The van der Waals surface area contributed by atoms with Crippen LogP contribution < -0.4 is 14.7 Å². The quantitative estimate of drug-likeness (QED) is 0.167. The van der Waals surface area contributed by atoms with Crippen molar-refractivity contribution in [2.24, 2.45) is 0 Å². The Hall–Kier alpha value is -18.2. The molecule has 0 saturated heterocycles.